The molecule has 0 aliphatic carbocycles. The number of nitrogen functional groups attached to an aromatic ring is 2. The molecular formula is C11H18N7O13P3. The van der Waals surface area contributed by atoms with Crippen molar-refractivity contribution in [1.29, 1.82) is 5.41 Å². The molecule has 190 valence electrons. The lowest BCUT2D eigenvalue weighted by atomic mass is 10.1. The summed E-state index contributed by atoms with van der Waals surface area (Å²) >= 11 is 0. The molecule has 3 unspecified atom stereocenters. The lowest BCUT2D eigenvalue weighted by molar-refractivity contribution is -0.0500. The average Bonchev–Trinajstić information content (AvgIpc) is 3.16. The molecule has 1 saturated heterocycles. The Kier molecular flexibility index (Phi) is 7.30. The van der Waals surface area contributed by atoms with Crippen molar-refractivity contribution in [3.05, 3.63) is 11.9 Å². The molecule has 20 nitrogen and oxygen atoms in total. The number of nitrogens with zero attached hydrogens (tertiary/aromatic N) is 4. The number of nitrogens with one attached hydrogen (secondary N) is 1. The fourth-order valence-corrected chi connectivity index (χ4v) is 5.95. The van der Waals surface area contributed by atoms with E-state index in [9.17, 15) is 28.8 Å². The molecule has 0 radical (unpaired) electrons. The number of aliphatic hydroxyl groups excluding tert-OH is 2. The maximum atomic E-state index is 11.9. The van der Waals surface area contributed by atoms with Gasteiger partial charge in [-0.15, -0.1) is 0 Å². The zero-order chi connectivity index (χ0) is 25.6. The topological polar surface area (TPSA) is 329 Å². The molecule has 6 atom stereocenters. The Bertz CT molecular complexity index is 1300. The number of phosphoric acid groups is 3. The summed E-state index contributed by atoms with van der Waals surface area (Å²) in [6.45, 7) is -1.02. The minimum absolute atomic E-state index is 0.00879. The first-order valence-corrected chi connectivity index (χ1v) is 13.2. The van der Waals surface area contributed by atoms with Gasteiger partial charge in [0.2, 0.25) is 5.62 Å². The monoisotopic (exact) mass is 549 g/mol. The third-order valence-corrected chi connectivity index (χ3v) is 7.96. The lowest BCUT2D eigenvalue weighted by Crippen LogP contribution is -2.33. The van der Waals surface area contributed by atoms with E-state index in [4.69, 9.17) is 36.3 Å². The highest BCUT2D eigenvalue weighted by molar-refractivity contribution is 7.66. The number of ether oxygens (including phenoxy) is 1. The molecule has 0 bridgehead atoms. The van der Waals surface area contributed by atoms with Crippen molar-refractivity contribution in [3.63, 3.8) is 0 Å². The predicted octanol–water partition coefficient (Wildman–Crippen LogP) is -2.57. The Balaban J connectivity index is 1.79. The van der Waals surface area contributed by atoms with Crippen LogP contribution in [0.1, 0.15) is 6.23 Å². The number of aromatic nitrogens is 4. The fourth-order valence-electron chi connectivity index (χ4n) is 2.92. The second kappa shape index (κ2) is 9.29. The summed E-state index contributed by atoms with van der Waals surface area (Å²) < 4.78 is 52.0. The van der Waals surface area contributed by atoms with Gasteiger partial charge in [-0.3, -0.25) is 14.5 Å². The quantitative estimate of drug-likeness (QED) is 0.153. The van der Waals surface area contributed by atoms with E-state index in [1.165, 1.54) is 0 Å². The summed E-state index contributed by atoms with van der Waals surface area (Å²) in [5.41, 5.74) is 11.0. The highest BCUT2D eigenvalue weighted by Crippen LogP contribution is 2.66. The highest BCUT2D eigenvalue weighted by Gasteiger charge is 2.47. The van der Waals surface area contributed by atoms with Gasteiger partial charge in [0.25, 0.3) is 0 Å². The number of hydrogen-bond donors (Lipinski definition) is 9. The lowest BCUT2D eigenvalue weighted by Gasteiger charge is -2.19. The van der Waals surface area contributed by atoms with Gasteiger partial charge >= 0.3 is 23.5 Å². The third-order valence-electron chi connectivity index (χ3n) is 4.16. The largest absolute Gasteiger partial charge is 0.490 e. The minimum Gasteiger partial charge on any atom is -0.387 e. The minimum atomic E-state index is -5.74. The smallest absolute Gasteiger partial charge is 0.387 e. The van der Waals surface area contributed by atoms with Gasteiger partial charge in [-0.2, -0.15) is 18.6 Å². The number of anilines is 2. The summed E-state index contributed by atoms with van der Waals surface area (Å²) in [4.78, 5) is 47.0. The van der Waals surface area contributed by atoms with Crippen LogP contribution in [0.4, 0.5) is 11.6 Å². The van der Waals surface area contributed by atoms with E-state index in [-0.39, 0.29) is 22.7 Å². The molecule has 0 amide bonds. The summed E-state index contributed by atoms with van der Waals surface area (Å²) in [7, 11) is -16.8. The second-order valence-electron chi connectivity index (χ2n) is 6.60. The molecule has 23 heteroatoms. The number of fused-ring (bicyclic) bond motifs is 1. The van der Waals surface area contributed by atoms with Gasteiger partial charge < -0.3 is 46.0 Å². The first-order chi connectivity index (χ1) is 15.5. The van der Waals surface area contributed by atoms with E-state index in [0.29, 0.717) is 0 Å². The molecule has 1 aliphatic heterocycles. The molecule has 3 heterocycles. The number of rotatable bonds is 8. The van der Waals surface area contributed by atoms with Crippen LogP contribution in [-0.4, -0.2) is 74.2 Å². The summed E-state index contributed by atoms with van der Waals surface area (Å²) in [6.07, 6.45) is -5.34. The van der Waals surface area contributed by atoms with Crippen LogP contribution < -0.4 is 17.1 Å². The summed E-state index contributed by atoms with van der Waals surface area (Å²) in [5, 5.41) is 28.2. The molecule has 0 spiro atoms. The highest BCUT2D eigenvalue weighted by atomic mass is 31.3. The van der Waals surface area contributed by atoms with Gasteiger partial charge in [-0.05, 0) is 0 Å². The van der Waals surface area contributed by atoms with Crippen LogP contribution in [0.2, 0.25) is 0 Å². The Labute approximate surface area is 187 Å². The van der Waals surface area contributed by atoms with Crippen LogP contribution >= 0.6 is 23.5 Å². The SMILES string of the molecule is N=c1nc(N)c2ncn([C@H]3OC(COP(=O)(O)OP(=O)(O)OP(=O)(O)O)[C@H](O)[C@@H]3O)c2c(N)n1. The number of hydrogen-bond acceptors (Lipinski definition) is 15. The van der Waals surface area contributed by atoms with Gasteiger partial charge in [-0.1, -0.05) is 0 Å². The van der Waals surface area contributed by atoms with Crippen molar-refractivity contribution in [3.8, 4) is 0 Å². The van der Waals surface area contributed by atoms with Crippen molar-refractivity contribution in [2.75, 3.05) is 18.1 Å². The van der Waals surface area contributed by atoms with Gasteiger partial charge in [0.05, 0.1) is 12.9 Å². The van der Waals surface area contributed by atoms with Crippen LogP contribution in [0.5, 0.6) is 0 Å². The maximum Gasteiger partial charge on any atom is 0.490 e. The van der Waals surface area contributed by atoms with Crippen molar-refractivity contribution in [1.82, 2.24) is 19.5 Å². The van der Waals surface area contributed by atoms with Crippen LogP contribution in [0.25, 0.3) is 11.0 Å². The van der Waals surface area contributed by atoms with E-state index < -0.39 is 60.2 Å². The van der Waals surface area contributed by atoms with Crippen LogP contribution in [0.3, 0.4) is 0 Å². The normalized spacial score (nSPS) is 26.9. The van der Waals surface area contributed by atoms with Crippen LogP contribution in [0, 0.1) is 5.41 Å². The van der Waals surface area contributed by atoms with Gasteiger partial charge in [-0.25, -0.2) is 18.7 Å². The molecule has 0 saturated carbocycles. The first kappa shape index (κ1) is 26.7. The predicted molar refractivity (Wildman–Crippen MR) is 106 cm³/mol. The third kappa shape index (κ3) is 6.02. The number of aliphatic hydroxyl groups is 2. The Morgan fingerprint density at radius 2 is 1.65 bits per heavy atom. The molecule has 1 aliphatic rings. The molecule has 1 fully saturated rings. The molecule has 34 heavy (non-hydrogen) atoms. The first-order valence-electron chi connectivity index (χ1n) is 8.64. The number of imidazole rings is 1. The van der Waals surface area contributed by atoms with E-state index in [1.54, 1.807) is 0 Å². The molecule has 11 N–H and O–H groups in total. The summed E-state index contributed by atoms with van der Waals surface area (Å²) in [6, 6.07) is 0. The maximum absolute atomic E-state index is 11.9. The van der Waals surface area contributed by atoms with Gasteiger partial charge in [0, 0.05) is 0 Å². The molecule has 2 aromatic heterocycles. The Morgan fingerprint density at radius 3 is 2.26 bits per heavy atom. The standard InChI is InChI=1S/C11H18N7O13P3/c12-8-4-5(9(13)17-11(14)16-8)18(2-15-4)10-7(20)6(19)3(29-10)1-28-33(24,25)31-34(26,27)30-32(21,22)23/h2-3,6-7,10,19-20H,1H2,(H,24,25)(H,26,27)(H2,21,22,23)(H5,12,13,14,16,17)/t3?,6-,7-,10-/m0/s1. The van der Waals surface area contributed by atoms with Crippen molar-refractivity contribution in [2.45, 2.75) is 24.5 Å². The second-order valence-corrected chi connectivity index (χ2v) is 11.0. The Morgan fingerprint density at radius 1 is 1.03 bits per heavy atom. The zero-order valence-corrected chi connectivity index (χ0v) is 19.1. The van der Waals surface area contributed by atoms with Crippen LogP contribution in [0.15, 0.2) is 6.33 Å². The van der Waals surface area contributed by atoms with E-state index >= 15 is 0 Å². The molecule has 0 aromatic carbocycles. The average molecular weight is 549 g/mol. The van der Waals surface area contributed by atoms with Gasteiger partial charge in [0.15, 0.2) is 17.9 Å². The molecule has 2 aromatic rings. The van der Waals surface area contributed by atoms with Crippen molar-refractivity contribution < 1.29 is 61.4 Å². The summed E-state index contributed by atoms with van der Waals surface area (Å²) in [5.74, 6) is -0.496. The molecule has 3 rings (SSSR count). The number of nitrogens with two attached hydrogens (primary N) is 2. The van der Waals surface area contributed by atoms with E-state index in [2.05, 4.69) is 28.1 Å². The van der Waals surface area contributed by atoms with Gasteiger partial charge in [0.1, 0.15) is 29.3 Å². The van der Waals surface area contributed by atoms with E-state index in [0.717, 1.165) is 10.9 Å². The fraction of sp³-hybridized carbons (Fsp3) is 0.455. The molecular weight excluding hydrogens is 531 g/mol. The number of phosphoric ester groups is 1. The Hall–Kier alpha value is -1.89. The van der Waals surface area contributed by atoms with E-state index in [1.807, 2.05) is 0 Å². The van der Waals surface area contributed by atoms with Crippen LogP contribution in [-0.2, 0) is 31.6 Å². The zero-order valence-electron chi connectivity index (χ0n) is 16.4. The van der Waals surface area contributed by atoms with Crippen molar-refractivity contribution in [2.24, 2.45) is 0 Å². The van der Waals surface area contributed by atoms with Crippen molar-refractivity contribution >= 4 is 46.1 Å².